The maximum Gasteiger partial charge on any atom is 0.168 e. The number of rotatable bonds is 10. The van der Waals surface area contributed by atoms with Crippen molar-refractivity contribution in [2.75, 3.05) is 32.8 Å². The van der Waals surface area contributed by atoms with E-state index in [1.165, 1.54) is 44.9 Å². The monoisotopic (exact) mass is 407 g/mol. The lowest BCUT2D eigenvalue weighted by Crippen LogP contribution is -2.35. The van der Waals surface area contributed by atoms with Crippen LogP contribution in [0.5, 0.6) is 0 Å². The lowest BCUT2D eigenvalue weighted by Gasteiger charge is -2.34. The van der Waals surface area contributed by atoms with Gasteiger partial charge in [0, 0.05) is 39.1 Å². The van der Waals surface area contributed by atoms with E-state index in [4.69, 9.17) is 14.2 Å². The summed E-state index contributed by atoms with van der Waals surface area (Å²) in [6, 6.07) is 0. The standard InChI is InChI=1S/C25H45NO3/c1-5-13-24(3,4)21-9-7-14-25(15-11-21)28-20-23(29-25)12-17-26(16-6-2)19-22-10-8-18-27-22/h6,21-23H,2,5,7-20H2,1,3-4H3. The Bertz CT molecular complexity index is 502. The Balaban J connectivity index is 1.46. The Morgan fingerprint density at radius 2 is 2.00 bits per heavy atom. The smallest absolute Gasteiger partial charge is 0.168 e. The number of nitrogens with zero attached hydrogens (tertiary/aromatic N) is 1. The molecule has 2 aliphatic heterocycles. The Morgan fingerprint density at radius 3 is 2.72 bits per heavy atom. The molecule has 3 aliphatic rings. The molecule has 2 saturated heterocycles. The molecular formula is C25H45NO3. The first-order valence-corrected chi connectivity index (χ1v) is 12.2. The van der Waals surface area contributed by atoms with E-state index in [1.54, 1.807) is 0 Å². The maximum atomic E-state index is 6.58. The van der Waals surface area contributed by atoms with Crippen LogP contribution in [0.1, 0.15) is 85.0 Å². The van der Waals surface area contributed by atoms with Gasteiger partial charge < -0.3 is 14.2 Å². The second kappa shape index (κ2) is 10.7. The molecule has 4 atom stereocenters. The van der Waals surface area contributed by atoms with Gasteiger partial charge in [-0.15, -0.1) is 6.58 Å². The van der Waals surface area contributed by atoms with Crippen LogP contribution in [-0.2, 0) is 14.2 Å². The number of hydrogen-bond donors (Lipinski definition) is 0. The van der Waals surface area contributed by atoms with Crippen molar-refractivity contribution in [2.45, 2.75) is 103 Å². The molecule has 0 bridgehead atoms. The summed E-state index contributed by atoms with van der Waals surface area (Å²) < 4.78 is 18.7. The number of ether oxygens (including phenoxy) is 3. The Labute approximate surface area is 179 Å². The SMILES string of the molecule is C=CCN(CCC1COC2(CCCC(C(C)(C)CCC)CC2)O1)CC1CCCO1. The maximum absolute atomic E-state index is 6.58. The van der Waals surface area contributed by atoms with Gasteiger partial charge in [0.15, 0.2) is 5.79 Å². The zero-order valence-corrected chi connectivity index (χ0v) is 19.3. The van der Waals surface area contributed by atoms with E-state index in [1.807, 2.05) is 6.08 Å². The minimum atomic E-state index is -0.306. The average molecular weight is 408 g/mol. The average Bonchev–Trinajstić information content (AvgIpc) is 3.27. The van der Waals surface area contributed by atoms with Crippen molar-refractivity contribution in [2.24, 2.45) is 11.3 Å². The number of hydrogen-bond acceptors (Lipinski definition) is 4. The van der Waals surface area contributed by atoms with Crippen LogP contribution < -0.4 is 0 Å². The molecule has 0 N–H and O–H groups in total. The van der Waals surface area contributed by atoms with Gasteiger partial charge in [0.2, 0.25) is 0 Å². The molecule has 1 aliphatic carbocycles. The van der Waals surface area contributed by atoms with Crippen molar-refractivity contribution in [3.8, 4) is 0 Å². The van der Waals surface area contributed by atoms with Crippen LogP contribution in [0.2, 0.25) is 0 Å². The molecule has 3 fully saturated rings. The van der Waals surface area contributed by atoms with Crippen LogP contribution in [0.25, 0.3) is 0 Å². The summed E-state index contributed by atoms with van der Waals surface area (Å²) >= 11 is 0. The molecule has 0 amide bonds. The normalized spacial score (nSPS) is 33.4. The van der Waals surface area contributed by atoms with Crippen molar-refractivity contribution < 1.29 is 14.2 Å². The third-order valence-electron chi connectivity index (χ3n) is 7.54. The fourth-order valence-corrected chi connectivity index (χ4v) is 5.77. The van der Waals surface area contributed by atoms with Crippen LogP contribution in [0, 0.1) is 11.3 Å². The molecule has 0 aromatic rings. The summed E-state index contributed by atoms with van der Waals surface area (Å²) in [7, 11) is 0. The highest BCUT2D eigenvalue weighted by atomic mass is 16.7. The van der Waals surface area contributed by atoms with E-state index < -0.39 is 0 Å². The summed E-state index contributed by atoms with van der Waals surface area (Å²) in [5.41, 5.74) is 0.436. The Morgan fingerprint density at radius 1 is 1.14 bits per heavy atom. The molecule has 29 heavy (non-hydrogen) atoms. The van der Waals surface area contributed by atoms with Crippen LogP contribution >= 0.6 is 0 Å². The largest absolute Gasteiger partial charge is 0.377 e. The molecule has 4 heteroatoms. The van der Waals surface area contributed by atoms with Gasteiger partial charge in [0.1, 0.15) is 0 Å². The molecule has 2 heterocycles. The first kappa shape index (κ1) is 23.2. The van der Waals surface area contributed by atoms with E-state index in [9.17, 15) is 0 Å². The van der Waals surface area contributed by atoms with E-state index in [0.717, 1.165) is 58.0 Å². The molecule has 1 saturated carbocycles. The van der Waals surface area contributed by atoms with Crippen molar-refractivity contribution in [1.29, 1.82) is 0 Å². The summed E-state index contributed by atoms with van der Waals surface area (Å²) in [6.45, 7) is 15.8. The topological polar surface area (TPSA) is 30.9 Å². The summed E-state index contributed by atoms with van der Waals surface area (Å²) in [4.78, 5) is 2.47. The van der Waals surface area contributed by atoms with E-state index in [-0.39, 0.29) is 11.9 Å². The quantitative estimate of drug-likeness (QED) is 0.444. The highest BCUT2D eigenvalue weighted by Crippen LogP contribution is 2.45. The Hall–Kier alpha value is -0.420. The van der Waals surface area contributed by atoms with E-state index in [0.29, 0.717) is 11.5 Å². The van der Waals surface area contributed by atoms with E-state index in [2.05, 4.69) is 32.3 Å². The first-order chi connectivity index (χ1) is 14.0. The van der Waals surface area contributed by atoms with Gasteiger partial charge in [-0.1, -0.05) is 33.3 Å². The predicted molar refractivity (Wildman–Crippen MR) is 119 cm³/mol. The lowest BCUT2D eigenvalue weighted by atomic mass is 9.72. The third-order valence-corrected chi connectivity index (χ3v) is 7.54. The molecule has 0 aromatic heterocycles. The zero-order chi connectivity index (χ0) is 20.7. The molecule has 4 unspecified atom stereocenters. The van der Waals surface area contributed by atoms with Gasteiger partial charge in [0.05, 0.1) is 18.8 Å². The molecule has 0 aromatic carbocycles. The van der Waals surface area contributed by atoms with Crippen LogP contribution in [0.15, 0.2) is 12.7 Å². The van der Waals surface area contributed by atoms with Gasteiger partial charge in [0.25, 0.3) is 0 Å². The molecule has 3 rings (SSSR count). The second-order valence-electron chi connectivity index (χ2n) is 10.3. The minimum Gasteiger partial charge on any atom is -0.377 e. The zero-order valence-electron chi connectivity index (χ0n) is 19.3. The van der Waals surface area contributed by atoms with Gasteiger partial charge >= 0.3 is 0 Å². The van der Waals surface area contributed by atoms with Crippen LogP contribution in [0.3, 0.4) is 0 Å². The van der Waals surface area contributed by atoms with Gasteiger partial charge in [-0.2, -0.15) is 0 Å². The molecular weight excluding hydrogens is 362 g/mol. The summed E-state index contributed by atoms with van der Waals surface area (Å²) in [6.07, 6.45) is 14.6. The van der Waals surface area contributed by atoms with E-state index >= 15 is 0 Å². The molecule has 4 nitrogen and oxygen atoms in total. The molecule has 168 valence electrons. The minimum absolute atomic E-state index is 0.229. The van der Waals surface area contributed by atoms with Crippen molar-refractivity contribution in [3.63, 3.8) is 0 Å². The van der Waals surface area contributed by atoms with Gasteiger partial charge in [-0.3, -0.25) is 4.90 Å². The summed E-state index contributed by atoms with van der Waals surface area (Å²) in [5, 5.41) is 0. The van der Waals surface area contributed by atoms with Crippen LogP contribution in [-0.4, -0.2) is 55.7 Å². The molecule has 0 radical (unpaired) electrons. The van der Waals surface area contributed by atoms with Gasteiger partial charge in [-0.25, -0.2) is 0 Å². The van der Waals surface area contributed by atoms with Crippen LogP contribution in [0.4, 0.5) is 0 Å². The summed E-state index contributed by atoms with van der Waals surface area (Å²) in [5.74, 6) is 0.488. The Kier molecular flexibility index (Phi) is 8.62. The van der Waals surface area contributed by atoms with Crippen molar-refractivity contribution in [1.82, 2.24) is 4.90 Å². The van der Waals surface area contributed by atoms with Gasteiger partial charge in [-0.05, 0) is 56.3 Å². The fourth-order valence-electron chi connectivity index (χ4n) is 5.77. The second-order valence-corrected chi connectivity index (χ2v) is 10.3. The van der Waals surface area contributed by atoms with Crippen molar-refractivity contribution >= 4 is 0 Å². The third kappa shape index (κ3) is 6.53. The highest BCUT2D eigenvalue weighted by molar-refractivity contribution is 4.88. The first-order valence-electron chi connectivity index (χ1n) is 12.2. The van der Waals surface area contributed by atoms with Crippen molar-refractivity contribution in [3.05, 3.63) is 12.7 Å². The highest BCUT2D eigenvalue weighted by Gasteiger charge is 2.44. The predicted octanol–water partition coefficient (Wildman–Crippen LogP) is 5.56. The molecule has 1 spiro atoms. The lowest BCUT2D eigenvalue weighted by molar-refractivity contribution is -0.177. The fraction of sp³-hybridized carbons (Fsp3) is 0.920.